The Balaban J connectivity index is 1.87. The highest BCUT2D eigenvalue weighted by Gasteiger charge is 2.28. The normalized spacial score (nSPS) is 14.1. The van der Waals surface area contributed by atoms with E-state index in [9.17, 15) is 12.8 Å². The Hall–Kier alpha value is -2.04. The van der Waals surface area contributed by atoms with Crippen LogP contribution in [0.1, 0.15) is 37.9 Å². The lowest BCUT2D eigenvalue weighted by molar-refractivity contribution is 0.182. The van der Waals surface area contributed by atoms with Gasteiger partial charge in [0, 0.05) is 25.7 Å². The van der Waals surface area contributed by atoms with Crippen molar-refractivity contribution in [3.63, 3.8) is 0 Å². The smallest absolute Gasteiger partial charge is 0.228 e. The molecule has 0 spiro atoms. The molecule has 1 fully saturated rings. The van der Waals surface area contributed by atoms with E-state index in [0.29, 0.717) is 36.4 Å². The minimum absolute atomic E-state index is 0.0198. The third kappa shape index (κ3) is 6.24. The molecule has 1 heterocycles. The minimum Gasteiger partial charge on any atom is -0.383 e. The van der Waals surface area contributed by atoms with Crippen LogP contribution in [-0.2, 0) is 33.4 Å². The number of thiocarbonyl (C=S) groups is 1. The molecule has 1 N–H and O–H groups in total. The van der Waals surface area contributed by atoms with Crippen molar-refractivity contribution in [3.8, 4) is 0 Å². The zero-order valence-electron chi connectivity index (χ0n) is 18.0. The van der Waals surface area contributed by atoms with E-state index in [1.807, 2.05) is 18.7 Å². The molecule has 7 nitrogen and oxygen atoms in total. The Labute approximate surface area is 188 Å². The molecule has 0 bridgehead atoms. The fourth-order valence-electron chi connectivity index (χ4n) is 3.20. The molecule has 0 atom stereocenters. The van der Waals surface area contributed by atoms with Gasteiger partial charge in [-0.3, -0.25) is 0 Å². The Kier molecular flexibility index (Phi) is 7.66. The quantitative estimate of drug-likeness (QED) is 0.537. The number of sulfone groups is 1. The third-order valence-electron chi connectivity index (χ3n) is 5.09. The maximum atomic E-state index is 13.2. The van der Waals surface area contributed by atoms with Crippen molar-refractivity contribution in [1.82, 2.24) is 19.8 Å². The van der Waals surface area contributed by atoms with E-state index in [1.54, 1.807) is 17.9 Å². The summed E-state index contributed by atoms with van der Waals surface area (Å²) in [5.41, 5.74) is 1.24. The lowest BCUT2D eigenvalue weighted by atomic mass is 10.2. The van der Waals surface area contributed by atoms with Crippen LogP contribution in [0.3, 0.4) is 0 Å². The van der Waals surface area contributed by atoms with Crippen LogP contribution >= 0.6 is 12.2 Å². The second kappa shape index (κ2) is 10.1. The van der Waals surface area contributed by atoms with Crippen LogP contribution in [0.2, 0.25) is 0 Å². The Morgan fingerprint density at radius 3 is 2.61 bits per heavy atom. The van der Waals surface area contributed by atoms with Gasteiger partial charge in [-0.2, -0.15) is 0 Å². The van der Waals surface area contributed by atoms with Gasteiger partial charge in [-0.25, -0.2) is 17.8 Å². The predicted octanol–water partition coefficient (Wildman–Crippen LogP) is 2.89. The number of nitrogens with one attached hydrogen (secondary N) is 1. The molecule has 170 valence electrons. The van der Waals surface area contributed by atoms with Crippen LogP contribution in [0.15, 0.2) is 35.6 Å². The summed E-state index contributed by atoms with van der Waals surface area (Å²) in [6.07, 6.45) is 3.82. The van der Waals surface area contributed by atoms with Crippen LogP contribution in [0, 0.1) is 5.82 Å². The molecule has 31 heavy (non-hydrogen) atoms. The van der Waals surface area contributed by atoms with E-state index >= 15 is 0 Å². The van der Waals surface area contributed by atoms with Gasteiger partial charge >= 0.3 is 0 Å². The van der Waals surface area contributed by atoms with E-state index < -0.39 is 15.7 Å². The summed E-state index contributed by atoms with van der Waals surface area (Å²) in [7, 11) is -2.18. The SMILES string of the molecule is COCCn1c(CN(C(=S)NC2CC2)C(C)C)cnc1S(=O)(=O)Cc1ccc(F)cc1. The van der Waals surface area contributed by atoms with Gasteiger partial charge in [0.15, 0.2) is 5.11 Å². The summed E-state index contributed by atoms with van der Waals surface area (Å²) >= 11 is 5.59. The second-order valence-corrected chi connectivity index (χ2v) is 10.3. The summed E-state index contributed by atoms with van der Waals surface area (Å²) in [6, 6.07) is 6.00. The number of halogens is 1. The van der Waals surface area contributed by atoms with Crippen molar-refractivity contribution in [1.29, 1.82) is 0 Å². The first kappa shape index (κ1) is 23.6. The molecule has 3 rings (SSSR count). The highest BCUT2D eigenvalue weighted by atomic mass is 32.2. The van der Waals surface area contributed by atoms with Crippen LogP contribution in [0.25, 0.3) is 0 Å². The lowest BCUT2D eigenvalue weighted by Crippen LogP contribution is -2.44. The molecule has 2 aromatic rings. The van der Waals surface area contributed by atoms with Gasteiger partial charge in [0.25, 0.3) is 0 Å². The molecule has 1 aromatic carbocycles. The number of hydrogen-bond donors (Lipinski definition) is 1. The summed E-state index contributed by atoms with van der Waals surface area (Å²) in [5, 5.41) is 3.99. The van der Waals surface area contributed by atoms with E-state index in [4.69, 9.17) is 17.0 Å². The minimum atomic E-state index is -3.74. The molecule has 0 radical (unpaired) electrons. The van der Waals surface area contributed by atoms with Crippen LogP contribution < -0.4 is 5.32 Å². The zero-order valence-corrected chi connectivity index (χ0v) is 19.7. The fraction of sp³-hybridized carbons (Fsp3) is 0.524. The van der Waals surface area contributed by atoms with Gasteiger partial charge in [-0.1, -0.05) is 12.1 Å². The number of ether oxygens (including phenoxy) is 1. The van der Waals surface area contributed by atoms with Crippen LogP contribution in [0.4, 0.5) is 4.39 Å². The number of rotatable bonds is 10. The Morgan fingerprint density at radius 1 is 1.35 bits per heavy atom. The first-order chi connectivity index (χ1) is 14.7. The van der Waals surface area contributed by atoms with Gasteiger partial charge in [-0.15, -0.1) is 0 Å². The van der Waals surface area contributed by atoms with Gasteiger partial charge in [0.05, 0.1) is 30.8 Å². The largest absolute Gasteiger partial charge is 0.383 e. The van der Waals surface area contributed by atoms with Gasteiger partial charge in [0.2, 0.25) is 15.0 Å². The Morgan fingerprint density at radius 2 is 2.03 bits per heavy atom. The molecule has 1 aliphatic carbocycles. The molecule has 0 saturated heterocycles. The summed E-state index contributed by atoms with van der Waals surface area (Å²) < 4.78 is 46.3. The van der Waals surface area contributed by atoms with Crippen molar-refractivity contribution >= 4 is 27.2 Å². The monoisotopic (exact) mass is 468 g/mol. The van der Waals surface area contributed by atoms with Crippen molar-refractivity contribution in [2.75, 3.05) is 13.7 Å². The molecule has 1 aliphatic rings. The number of aromatic nitrogens is 2. The molecular formula is C21H29FN4O3S2. The van der Waals surface area contributed by atoms with Crippen molar-refractivity contribution < 1.29 is 17.5 Å². The average Bonchev–Trinajstić information content (AvgIpc) is 3.42. The van der Waals surface area contributed by atoms with Crippen molar-refractivity contribution in [2.24, 2.45) is 0 Å². The molecule has 1 aromatic heterocycles. The Bertz CT molecular complexity index is 1000. The summed E-state index contributed by atoms with van der Waals surface area (Å²) in [4.78, 5) is 6.29. The maximum Gasteiger partial charge on any atom is 0.228 e. The van der Waals surface area contributed by atoms with Crippen LogP contribution in [-0.4, -0.2) is 53.8 Å². The summed E-state index contributed by atoms with van der Waals surface area (Å²) in [6.45, 7) is 5.21. The maximum absolute atomic E-state index is 13.2. The van der Waals surface area contributed by atoms with Crippen molar-refractivity contribution in [2.45, 2.75) is 62.8 Å². The number of benzene rings is 1. The standard InChI is InChI=1S/C21H29FN4O3S2/c1-15(2)26(20(30)24-18-8-9-18)13-19-12-23-21(25(19)10-11-29-3)31(27,28)14-16-4-6-17(22)7-5-16/h4-7,12,15,18H,8-11,13-14H2,1-3H3,(H,24,30). The number of methoxy groups -OCH3 is 1. The van der Waals surface area contributed by atoms with Gasteiger partial charge in [0.1, 0.15) is 5.82 Å². The van der Waals surface area contributed by atoms with E-state index in [1.165, 1.54) is 24.3 Å². The highest BCUT2D eigenvalue weighted by Crippen LogP contribution is 2.22. The van der Waals surface area contributed by atoms with Crippen molar-refractivity contribution in [3.05, 3.63) is 47.5 Å². The number of hydrogen-bond acceptors (Lipinski definition) is 5. The first-order valence-electron chi connectivity index (χ1n) is 10.3. The summed E-state index contributed by atoms with van der Waals surface area (Å²) in [5.74, 6) is -0.665. The molecular weight excluding hydrogens is 439 g/mol. The first-order valence-corrected chi connectivity index (χ1v) is 12.3. The topological polar surface area (TPSA) is 76.5 Å². The van der Waals surface area contributed by atoms with Gasteiger partial charge < -0.3 is 19.5 Å². The second-order valence-electron chi connectivity index (χ2n) is 8.01. The average molecular weight is 469 g/mol. The molecule has 0 aliphatic heterocycles. The lowest BCUT2D eigenvalue weighted by Gasteiger charge is -2.30. The molecule has 10 heteroatoms. The highest BCUT2D eigenvalue weighted by molar-refractivity contribution is 7.90. The van der Waals surface area contributed by atoms with E-state index in [-0.39, 0.29) is 17.0 Å². The van der Waals surface area contributed by atoms with Crippen LogP contribution in [0.5, 0.6) is 0 Å². The number of imidazole rings is 1. The van der Waals surface area contributed by atoms with E-state index in [0.717, 1.165) is 18.5 Å². The zero-order chi connectivity index (χ0) is 22.6. The molecule has 1 saturated carbocycles. The molecule has 0 amide bonds. The number of nitrogens with zero attached hydrogens (tertiary/aromatic N) is 3. The third-order valence-corrected chi connectivity index (χ3v) is 7.04. The predicted molar refractivity (Wildman–Crippen MR) is 121 cm³/mol. The van der Waals surface area contributed by atoms with Gasteiger partial charge in [-0.05, 0) is 56.6 Å². The fourth-order valence-corrected chi connectivity index (χ4v) is 5.16. The van der Waals surface area contributed by atoms with E-state index in [2.05, 4.69) is 10.3 Å². The molecule has 0 unspecified atom stereocenters.